The van der Waals surface area contributed by atoms with Crippen LogP contribution in [0, 0.1) is 0 Å². The van der Waals surface area contributed by atoms with Gasteiger partial charge in [0, 0.05) is 29.7 Å². The van der Waals surface area contributed by atoms with Crippen molar-refractivity contribution in [3.63, 3.8) is 0 Å². The predicted molar refractivity (Wildman–Crippen MR) is 112 cm³/mol. The molecule has 3 N–H and O–H groups in total. The van der Waals surface area contributed by atoms with Gasteiger partial charge in [0.15, 0.2) is 0 Å². The number of urea groups is 1. The van der Waals surface area contributed by atoms with Crippen molar-refractivity contribution in [2.24, 2.45) is 0 Å². The molecule has 28 heavy (non-hydrogen) atoms. The topological polar surface area (TPSA) is 73.1 Å². The van der Waals surface area contributed by atoms with Crippen molar-refractivity contribution >= 4 is 28.3 Å². The van der Waals surface area contributed by atoms with Gasteiger partial charge in [0.1, 0.15) is 0 Å². The van der Waals surface area contributed by atoms with Crippen LogP contribution in [0.15, 0.2) is 48.7 Å². The zero-order valence-electron chi connectivity index (χ0n) is 15.8. The number of fused-ring (bicyclic) bond motifs is 3. The first-order chi connectivity index (χ1) is 13.8. The van der Waals surface area contributed by atoms with Gasteiger partial charge in [-0.25, -0.2) is 4.79 Å². The molecule has 2 atom stereocenters. The van der Waals surface area contributed by atoms with Crippen LogP contribution in [0.25, 0.3) is 10.9 Å². The smallest absolute Gasteiger partial charge is 0.319 e. The second kappa shape index (κ2) is 7.19. The standard InChI is InChI=1S/C22H25N5O/c28-22(25-20-5-2-6-21-19(20)14-24-26-21)23-13-15-7-9-18(10-8-15)27-16-3-1-4-17(27)12-11-16/h2,5-10,14,16-17H,1,3-4,11-13H2,(H,24,26)(H2,23,25,28)/t16-,17+. The van der Waals surface area contributed by atoms with Crippen molar-refractivity contribution in [1.29, 1.82) is 0 Å². The normalized spacial score (nSPS) is 21.1. The summed E-state index contributed by atoms with van der Waals surface area (Å²) >= 11 is 0. The van der Waals surface area contributed by atoms with E-state index in [0.717, 1.165) is 34.2 Å². The van der Waals surface area contributed by atoms with Gasteiger partial charge >= 0.3 is 6.03 Å². The number of piperidine rings is 1. The molecule has 6 nitrogen and oxygen atoms in total. The number of nitrogens with zero attached hydrogens (tertiary/aromatic N) is 2. The summed E-state index contributed by atoms with van der Waals surface area (Å²) in [6, 6.07) is 15.6. The molecule has 2 aliphatic heterocycles. The Morgan fingerprint density at radius 3 is 2.64 bits per heavy atom. The van der Waals surface area contributed by atoms with Gasteiger partial charge in [0.25, 0.3) is 0 Å². The van der Waals surface area contributed by atoms with Crippen LogP contribution < -0.4 is 15.5 Å². The van der Waals surface area contributed by atoms with E-state index in [1.165, 1.54) is 37.8 Å². The number of carbonyl (C=O) groups is 1. The number of carbonyl (C=O) groups excluding carboxylic acids is 1. The maximum atomic E-state index is 12.3. The first-order valence-corrected chi connectivity index (χ1v) is 10.1. The van der Waals surface area contributed by atoms with Crippen LogP contribution in [0.5, 0.6) is 0 Å². The van der Waals surface area contributed by atoms with E-state index in [2.05, 4.69) is 50.0 Å². The Morgan fingerprint density at radius 1 is 1.07 bits per heavy atom. The molecule has 144 valence electrons. The summed E-state index contributed by atoms with van der Waals surface area (Å²) in [6.07, 6.45) is 8.40. The molecule has 1 aromatic heterocycles. The third-order valence-electron chi connectivity index (χ3n) is 6.12. The Hall–Kier alpha value is -3.02. The molecule has 6 heteroatoms. The average molecular weight is 375 g/mol. The molecule has 2 aromatic carbocycles. The molecule has 2 aliphatic rings. The maximum Gasteiger partial charge on any atom is 0.319 e. The van der Waals surface area contributed by atoms with Gasteiger partial charge in [0.05, 0.1) is 17.4 Å². The molecule has 0 aliphatic carbocycles. The van der Waals surface area contributed by atoms with Gasteiger partial charge in [-0.15, -0.1) is 0 Å². The van der Waals surface area contributed by atoms with Gasteiger partial charge < -0.3 is 15.5 Å². The Labute approximate surface area is 164 Å². The summed E-state index contributed by atoms with van der Waals surface area (Å²) in [6.45, 7) is 0.500. The fraction of sp³-hybridized carbons (Fsp3) is 0.364. The second-order valence-corrected chi connectivity index (χ2v) is 7.83. The van der Waals surface area contributed by atoms with E-state index in [0.29, 0.717) is 6.54 Å². The Balaban J connectivity index is 1.20. The quantitative estimate of drug-likeness (QED) is 0.633. The van der Waals surface area contributed by atoms with Crippen molar-refractivity contribution in [2.75, 3.05) is 10.2 Å². The molecule has 0 unspecified atom stereocenters. The number of nitrogens with one attached hydrogen (secondary N) is 3. The van der Waals surface area contributed by atoms with E-state index >= 15 is 0 Å². The third-order valence-corrected chi connectivity index (χ3v) is 6.12. The minimum Gasteiger partial charge on any atom is -0.366 e. The molecule has 0 spiro atoms. The van der Waals surface area contributed by atoms with Crippen LogP contribution in [0.2, 0.25) is 0 Å². The van der Waals surface area contributed by atoms with Crippen molar-refractivity contribution < 1.29 is 4.79 Å². The lowest BCUT2D eigenvalue weighted by atomic mass is 10.0. The number of amides is 2. The number of aromatic amines is 1. The zero-order valence-corrected chi connectivity index (χ0v) is 15.8. The third kappa shape index (κ3) is 3.19. The van der Waals surface area contributed by atoms with E-state index < -0.39 is 0 Å². The van der Waals surface area contributed by atoms with Crippen LogP contribution in [-0.4, -0.2) is 28.3 Å². The summed E-state index contributed by atoms with van der Waals surface area (Å²) in [4.78, 5) is 14.9. The summed E-state index contributed by atoms with van der Waals surface area (Å²) in [5.74, 6) is 0. The number of benzene rings is 2. The minimum atomic E-state index is -0.216. The maximum absolute atomic E-state index is 12.3. The van der Waals surface area contributed by atoms with Gasteiger partial charge in [0.2, 0.25) is 0 Å². The number of rotatable bonds is 4. The summed E-state index contributed by atoms with van der Waals surface area (Å²) < 4.78 is 0. The molecule has 2 bridgehead atoms. The van der Waals surface area contributed by atoms with E-state index in [9.17, 15) is 4.79 Å². The Bertz CT molecular complexity index is 964. The van der Waals surface area contributed by atoms with Crippen molar-refractivity contribution in [2.45, 2.75) is 50.7 Å². The monoisotopic (exact) mass is 375 g/mol. The zero-order chi connectivity index (χ0) is 18.9. The van der Waals surface area contributed by atoms with Crippen molar-refractivity contribution in [3.05, 3.63) is 54.2 Å². The lowest BCUT2D eigenvalue weighted by molar-refractivity contribution is 0.252. The highest BCUT2D eigenvalue weighted by Crippen LogP contribution is 2.39. The number of H-pyrrole nitrogens is 1. The van der Waals surface area contributed by atoms with Crippen molar-refractivity contribution in [1.82, 2.24) is 15.5 Å². The van der Waals surface area contributed by atoms with Crippen LogP contribution in [0.4, 0.5) is 16.2 Å². The summed E-state index contributed by atoms with van der Waals surface area (Å²) in [5.41, 5.74) is 4.08. The number of hydrogen-bond acceptors (Lipinski definition) is 3. The molecule has 2 amide bonds. The van der Waals surface area contributed by atoms with Crippen LogP contribution >= 0.6 is 0 Å². The second-order valence-electron chi connectivity index (χ2n) is 7.83. The summed E-state index contributed by atoms with van der Waals surface area (Å²) in [5, 5.41) is 13.7. The molecular formula is C22H25N5O. The number of anilines is 2. The van der Waals surface area contributed by atoms with Crippen LogP contribution in [0.1, 0.15) is 37.7 Å². The highest BCUT2D eigenvalue weighted by molar-refractivity contribution is 6.00. The summed E-state index contributed by atoms with van der Waals surface area (Å²) in [7, 11) is 0. The van der Waals surface area contributed by atoms with E-state index in [1.807, 2.05) is 18.2 Å². The van der Waals surface area contributed by atoms with Gasteiger partial charge in [-0.3, -0.25) is 5.10 Å². The van der Waals surface area contributed by atoms with E-state index in [4.69, 9.17) is 0 Å². The molecule has 2 fully saturated rings. The molecule has 0 saturated carbocycles. The molecule has 0 radical (unpaired) electrons. The minimum absolute atomic E-state index is 0.216. The molecular weight excluding hydrogens is 350 g/mol. The predicted octanol–water partition coefficient (Wildman–Crippen LogP) is 4.41. The van der Waals surface area contributed by atoms with E-state index in [-0.39, 0.29) is 6.03 Å². The first-order valence-electron chi connectivity index (χ1n) is 10.1. The van der Waals surface area contributed by atoms with E-state index in [1.54, 1.807) is 6.20 Å². The lowest BCUT2D eigenvalue weighted by Crippen LogP contribution is -2.39. The SMILES string of the molecule is O=C(NCc1ccc(N2[C@@H]3CCC[C@H]2CC3)cc1)Nc1cccc2[nH]ncc12. The largest absolute Gasteiger partial charge is 0.366 e. The van der Waals surface area contributed by atoms with Gasteiger partial charge in [-0.05, 0) is 61.9 Å². The number of hydrogen-bond donors (Lipinski definition) is 3. The highest BCUT2D eigenvalue weighted by Gasteiger charge is 2.36. The Kier molecular flexibility index (Phi) is 4.39. The lowest BCUT2D eigenvalue weighted by Gasteiger charge is -2.36. The first kappa shape index (κ1) is 17.1. The van der Waals surface area contributed by atoms with Crippen LogP contribution in [-0.2, 0) is 6.54 Å². The molecule has 5 rings (SSSR count). The van der Waals surface area contributed by atoms with Gasteiger partial charge in [-0.2, -0.15) is 5.10 Å². The highest BCUT2D eigenvalue weighted by atomic mass is 16.2. The van der Waals surface area contributed by atoms with Crippen LogP contribution in [0.3, 0.4) is 0 Å². The Morgan fingerprint density at radius 2 is 1.86 bits per heavy atom. The fourth-order valence-corrected chi connectivity index (χ4v) is 4.75. The van der Waals surface area contributed by atoms with Crippen molar-refractivity contribution in [3.8, 4) is 0 Å². The molecule has 3 heterocycles. The molecule has 2 saturated heterocycles. The fourth-order valence-electron chi connectivity index (χ4n) is 4.75. The molecule has 3 aromatic rings. The average Bonchev–Trinajstić information content (AvgIpc) is 3.29. The number of aromatic nitrogens is 2. The van der Waals surface area contributed by atoms with Gasteiger partial charge in [-0.1, -0.05) is 18.2 Å².